The SMILES string of the molecule is N#Cc1ccnc(Oc2cccc([N+](=O)[O-])c2Br)c1. The number of ether oxygens (including phenoxy) is 1. The maximum absolute atomic E-state index is 10.8. The van der Waals surface area contributed by atoms with Gasteiger partial charge in [0.05, 0.1) is 16.6 Å². The maximum atomic E-state index is 10.8. The van der Waals surface area contributed by atoms with Crippen LogP contribution in [-0.4, -0.2) is 9.91 Å². The Morgan fingerprint density at radius 1 is 1.42 bits per heavy atom. The van der Waals surface area contributed by atoms with Gasteiger partial charge in [-0.1, -0.05) is 6.07 Å². The number of hydrogen-bond acceptors (Lipinski definition) is 5. The molecule has 94 valence electrons. The molecular formula is C12H6BrN3O3. The van der Waals surface area contributed by atoms with Gasteiger partial charge in [0.15, 0.2) is 5.75 Å². The molecule has 0 N–H and O–H groups in total. The zero-order valence-corrected chi connectivity index (χ0v) is 11.0. The zero-order chi connectivity index (χ0) is 13.8. The van der Waals surface area contributed by atoms with Gasteiger partial charge in [-0.2, -0.15) is 5.26 Å². The second kappa shape index (κ2) is 5.46. The normalized spacial score (nSPS) is 9.68. The van der Waals surface area contributed by atoms with Gasteiger partial charge < -0.3 is 4.74 Å². The predicted molar refractivity (Wildman–Crippen MR) is 69.8 cm³/mol. The molecule has 6 nitrogen and oxygen atoms in total. The first-order valence-corrected chi connectivity index (χ1v) is 5.88. The lowest BCUT2D eigenvalue weighted by Crippen LogP contribution is -1.93. The summed E-state index contributed by atoms with van der Waals surface area (Å²) in [5, 5.41) is 19.6. The minimum atomic E-state index is -0.518. The summed E-state index contributed by atoms with van der Waals surface area (Å²) in [6.07, 6.45) is 1.43. The number of nitro groups is 1. The minimum absolute atomic E-state index is 0.103. The van der Waals surface area contributed by atoms with Gasteiger partial charge in [0, 0.05) is 18.3 Å². The molecule has 0 atom stereocenters. The van der Waals surface area contributed by atoms with Crippen LogP contribution in [-0.2, 0) is 0 Å². The van der Waals surface area contributed by atoms with Crippen molar-refractivity contribution < 1.29 is 9.66 Å². The monoisotopic (exact) mass is 319 g/mol. The highest BCUT2D eigenvalue weighted by Gasteiger charge is 2.16. The van der Waals surface area contributed by atoms with E-state index in [4.69, 9.17) is 10.00 Å². The molecule has 0 saturated carbocycles. The van der Waals surface area contributed by atoms with E-state index in [1.807, 2.05) is 6.07 Å². The molecule has 0 amide bonds. The highest BCUT2D eigenvalue weighted by Crippen LogP contribution is 2.35. The number of halogens is 1. The van der Waals surface area contributed by atoms with E-state index in [2.05, 4.69) is 20.9 Å². The summed E-state index contributed by atoms with van der Waals surface area (Å²) in [5.74, 6) is 0.456. The summed E-state index contributed by atoms with van der Waals surface area (Å²) >= 11 is 3.12. The first-order chi connectivity index (χ1) is 9.11. The van der Waals surface area contributed by atoms with Crippen molar-refractivity contribution in [1.82, 2.24) is 4.98 Å². The molecule has 2 rings (SSSR count). The lowest BCUT2D eigenvalue weighted by atomic mass is 10.3. The van der Waals surface area contributed by atoms with Crippen molar-refractivity contribution in [3.05, 3.63) is 56.7 Å². The summed E-state index contributed by atoms with van der Waals surface area (Å²) in [5.41, 5.74) is 0.292. The Bertz CT molecular complexity index is 682. The van der Waals surface area contributed by atoms with Gasteiger partial charge in [0.1, 0.15) is 4.47 Å². The Morgan fingerprint density at radius 3 is 2.89 bits per heavy atom. The molecule has 0 fully saturated rings. The molecule has 0 aliphatic carbocycles. The smallest absolute Gasteiger partial charge is 0.287 e. The Kier molecular flexibility index (Phi) is 3.73. The van der Waals surface area contributed by atoms with Gasteiger partial charge in [-0.25, -0.2) is 4.98 Å². The van der Waals surface area contributed by atoms with Crippen LogP contribution in [0.4, 0.5) is 5.69 Å². The standard InChI is InChI=1S/C12H6BrN3O3/c13-12-9(16(17)18)2-1-3-10(12)19-11-6-8(7-14)4-5-15-11/h1-6H. The lowest BCUT2D eigenvalue weighted by molar-refractivity contribution is -0.385. The Balaban J connectivity index is 2.36. The van der Waals surface area contributed by atoms with Crippen molar-refractivity contribution in [2.75, 3.05) is 0 Å². The zero-order valence-electron chi connectivity index (χ0n) is 9.41. The van der Waals surface area contributed by atoms with Crippen LogP contribution in [0.25, 0.3) is 0 Å². The van der Waals surface area contributed by atoms with Gasteiger partial charge in [-0.15, -0.1) is 0 Å². The van der Waals surface area contributed by atoms with E-state index >= 15 is 0 Å². The number of rotatable bonds is 3. The average molecular weight is 320 g/mol. The van der Waals surface area contributed by atoms with E-state index in [9.17, 15) is 10.1 Å². The number of benzene rings is 1. The number of hydrogen-bond donors (Lipinski definition) is 0. The van der Waals surface area contributed by atoms with Crippen LogP contribution >= 0.6 is 15.9 Å². The van der Waals surface area contributed by atoms with Gasteiger partial charge >= 0.3 is 0 Å². The third kappa shape index (κ3) is 2.86. The molecular weight excluding hydrogens is 314 g/mol. The van der Waals surface area contributed by atoms with Crippen molar-refractivity contribution in [2.45, 2.75) is 0 Å². The number of aromatic nitrogens is 1. The quantitative estimate of drug-likeness (QED) is 0.638. The Hall–Kier alpha value is -2.46. The largest absolute Gasteiger partial charge is 0.438 e. The van der Waals surface area contributed by atoms with E-state index in [1.165, 1.54) is 30.5 Å². The summed E-state index contributed by atoms with van der Waals surface area (Å²) in [6, 6.07) is 9.37. The van der Waals surface area contributed by atoms with Gasteiger partial charge in [0.25, 0.3) is 5.69 Å². The molecule has 0 radical (unpaired) electrons. The fraction of sp³-hybridized carbons (Fsp3) is 0. The van der Waals surface area contributed by atoms with Gasteiger partial charge in [-0.3, -0.25) is 10.1 Å². The average Bonchev–Trinajstić information content (AvgIpc) is 2.41. The van der Waals surface area contributed by atoms with Crippen LogP contribution in [0.5, 0.6) is 11.6 Å². The van der Waals surface area contributed by atoms with E-state index in [-0.39, 0.29) is 21.8 Å². The molecule has 1 heterocycles. The summed E-state index contributed by atoms with van der Waals surface area (Å²) in [4.78, 5) is 14.2. The number of nitro benzene ring substituents is 1. The Labute approximate surface area is 116 Å². The fourth-order valence-electron chi connectivity index (χ4n) is 1.37. The molecule has 19 heavy (non-hydrogen) atoms. The van der Waals surface area contributed by atoms with Crippen LogP contribution in [0.1, 0.15) is 5.56 Å². The molecule has 0 bridgehead atoms. The van der Waals surface area contributed by atoms with Crippen LogP contribution in [0, 0.1) is 21.4 Å². The molecule has 0 aliphatic rings. The highest BCUT2D eigenvalue weighted by molar-refractivity contribution is 9.10. The summed E-state index contributed by atoms with van der Waals surface area (Å²) in [6.45, 7) is 0. The number of pyridine rings is 1. The molecule has 1 aromatic carbocycles. The van der Waals surface area contributed by atoms with Gasteiger partial charge in [-0.05, 0) is 28.1 Å². The van der Waals surface area contributed by atoms with Crippen LogP contribution in [0.2, 0.25) is 0 Å². The van der Waals surface area contributed by atoms with Crippen molar-refractivity contribution in [3.8, 4) is 17.7 Å². The van der Waals surface area contributed by atoms with Crippen molar-refractivity contribution >= 4 is 21.6 Å². The van der Waals surface area contributed by atoms with Crippen molar-refractivity contribution in [2.24, 2.45) is 0 Å². The Morgan fingerprint density at radius 2 is 2.21 bits per heavy atom. The summed E-state index contributed by atoms with van der Waals surface area (Å²) < 4.78 is 5.65. The molecule has 0 aliphatic heterocycles. The molecule has 0 saturated heterocycles. The minimum Gasteiger partial charge on any atom is -0.438 e. The van der Waals surface area contributed by atoms with E-state index in [1.54, 1.807) is 6.07 Å². The van der Waals surface area contributed by atoms with Crippen LogP contribution in [0.15, 0.2) is 41.0 Å². The fourth-order valence-corrected chi connectivity index (χ4v) is 1.86. The molecule has 0 spiro atoms. The van der Waals surface area contributed by atoms with Crippen molar-refractivity contribution in [3.63, 3.8) is 0 Å². The number of nitriles is 1. The molecule has 7 heteroatoms. The summed E-state index contributed by atoms with van der Waals surface area (Å²) in [7, 11) is 0. The molecule has 1 aromatic heterocycles. The second-order valence-electron chi connectivity index (χ2n) is 3.44. The topological polar surface area (TPSA) is 89.0 Å². The van der Waals surface area contributed by atoms with E-state index in [0.29, 0.717) is 5.56 Å². The third-order valence-corrected chi connectivity index (χ3v) is 3.02. The highest BCUT2D eigenvalue weighted by atomic mass is 79.9. The molecule has 2 aromatic rings. The second-order valence-corrected chi connectivity index (χ2v) is 4.24. The van der Waals surface area contributed by atoms with E-state index < -0.39 is 4.92 Å². The first-order valence-electron chi connectivity index (χ1n) is 5.08. The maximum Gasteiger partial charge on any atom is 0.287 e. The number of nitrogens with zero attached hydrogens (tertiary/aromatic N) is 3. The predicted octanol–water partition coefficient (Wildman–Crippen LogP) is 3.42. The third-order valence-electron chi connectivity index (χ3n) is 2.22. The van der Waals surface area contributed by atoms with E-state index in [0.717, 1.165) is 0 Å². The van der Waals surface area contributed by atoms with Crippen molar-refractivity contribution in [1.29, 1.82) is 5.26 Å². The lowest BCUT2D eigenvalue weighted by Gasteiger charge is -2.06. The first kappa shape index (κ1) is 13.0. The van der Waals surface area contributed by atoms with Gasteiger partial charge in [0.2, 0.25) is 5.88 Å². The molecule has 0 unspecified atom stereocenters. The van der Waals surface area contributed by atoms with Crippen LogP contribution in [0.3, 0.4) is 0 Å². The van der Waals surface area contributed by atoms with Crippen LogP contribution < -0.4 is 4.74 Å².